The van der Waals surface area contributed by atoms with E-state index in [0.29, 0.717) is 6.42 Å². The van der Waals surface area contributed by atoms with Gasteiger partial charge in [-0.2, -0.15) is 0 Å². The molecule has 1 saturated carbocycles. The van der Waals surface area contributed by atoms with Crippen molar-refractivity contribution in [3.05, 3.63) is 0 Å². The lowest BCUT2D eigenvalue weighted by Crippen LogP contribution is -2.44. The Bertz CT molecular complexity index is 172. The average Bonchev–Trinajstić information content (AvgIpc) is 1.57. The number of carboxylic acids is 2. The SMILES string of the molecule is N.N.O=C(O)C1(C(=O)O)CCC1. The van der Waals surface area contributed by atoms with Gasteiger partial charge in [-0.15, -0.1) is 0 Å². The van der Waals surface area contributed by atoms with Crippen molar-refractivity contribution in [1.29, 1.82) is 0 Å². The predicted molar refractivity (Wildman–Crippen MR) is 41.6 cm³/mol. The molecule has 0 aliphatic heterocycles. The monoisotopic (exact) mass is 178 g/mol. The van der Waals surface area contributed by atoms with Gasteiger partial charge in [0.15, 0.2) is 5.41 Å². The van der Waals surface area contributed by atoms with Crippen molar-refractivity contribution in [1.82, 2.24) is 12.3 Å². The van der Waals surface area contributed by atoms with E-state index in [4.69, 9.17) is 10.2 Å². The lowest BCUT2D eigenvalue weighted by molar-refractivity contribution is -0.171. The van der Waals surface area contributed by atoms with Crippen LogP contribution in [0.1, 0.15) is 19.3 Å². The Kier molecular flexibility index (Phi) is 4.52. The first kappa shape index (κ1) is 13.4. The minimum atomic E-state index is -1.44. The summed E-state index contributed by atoms with van der Waals surface area (Å²) in [6.07, 6.45) is 1.26. The fourth-order valence-corrected chi connectivity index (χ4v) is 1.05. The molecule has 1 aliphatic rings. The molecule has 0 unspecified atom stereocenters. The zero-order valence-corrected chi connectivity index (χ0v) is 6.75. The standard InChI is InChI=1S/C6H8O4.2H3N/c7-4(8)6(5(9)10)2-1-3-6;;/h1-3H2,(H,7,8)(H,9,10);2*1H3. The van der Waals surface area contributed by atoms with E-state index in [-0.39, 0.29) is 25.1 Å². The van der Waals surface area contributed by atoms with Gasteiger partial charge < -0.3 is 22.5 Å². The minimum Gasteiger partial charge on any atom is -0.480 e. The highest BCUT2D eigenvalue weighted by Crippen LogP contribution is 2.41. The van der Waals surface area contributed by atoms with Gasteiger partial charge in [0.25, 0.3) is 0 Å². The summed E-state index contributed by atoms with van der Waals surface area (Å²) in [6, 6.07) is 0. The molecule has 0 aromatic carbocycles. The van der Waals surface area contributed by atoms with Crippen molar-refractivity contribution in [2.75, 3.05) is 0 Å². The molecule has 0 amide bonds. The van der Waals surface area contributed by atoms with Gasteiger partial charge in [-0.3, -0.25) is 9.59 Å². The first-order valence-corrected chi connectivity index (χ1v) is 3.06. The van der Waals surface area contributed by atoms with Crippen LogP contribution < -0.4 is 12.3 Å². The van der Waals surface area contributed by atoms with Crippen molar-refractivity contribution in [3.8, 4) is 0 Å². The summed E-state index contributed by atoms with van der Waals surface area (Å²) >= 11 is 0. The van der Waals surface area contributed by atoms with E-state index in [1.165, 1.54) is 0 Å². The molecule has 0 atom stereocenters. The van der Waals surface area contributed by atoms with E-state index < -0.39 is 17.4 Å². The Balaban J connectivity index is 0. The van der Waals surface area contributed by atoms with Crippen molar-refractivity contribution in [2.45, 2.75) is 19.3 Å². The number of hydrogen-bond donors (Lipinski definition) is 4. The highest BCUT2D eigenvalue weighted by Gasteiger charge is 2.51. The van der Waals surface area contributed by atoms with Gasteiger partial charge in [-0.05, 0) is 19.3 Å². The van der Waals surface area contributed by atoms with Gasteiger partial charge in [-0.1, -0.05) is 0 Å². The topological polar surface area (TPSA) is 145 Å². The zero-order valence-electron chi connectivity index (χ0n) is 6.75. The highest BCUT2D eigenvalue weighted by atomic mass is 16.4. The number of carbonyl (C=O) groups is 2. The van der Waals surface area contributed by atoms with Gasteiger partial charge >= 0.3 is 11.9 Å². The highest BCUT2D eigenvalue weighted by molar-refractivity contribution is 5.99. The average molecular weight is 178 g/mol. The molecule has 6 heteroatoms. The second kappa shape index (κ2) is 4.03. The fourth-order valence-electron chi connectivity index (χ4n) is 1.05. The molecule has 6 nitrogen and oxygen atoms in total. The Hall–Kier alpha value is -1.14. The lowest BCUT2D eigenvalue weighted by Gasteiger charge is -2.32. The third-order valence-corrected chi connectivity index (χ3v) is 2.03. The summed E-state index contributed by atoms with van der Waals surface area (Å²) in [4.78, 5) is 20.7. The maximum absolute atomic E-state index is 10.4. The van der Waals surface area contributed by atoms with Crippen LogP contribution >= 0.6 is 0 Å². The van der Waals surface area contributed by atoms with Crippen LogP contribution in [0.2, 0.25) is 0 Å². The summed E-state index contributed by atoms with van der Waals surface area (Å²) in [5.74, 6) is -2.41. The van der Waals surface area contributed by atoms with Crippen LogP contribution in [0.25, 0.3) is 0 Å². The summed E-state index contributed by atoms with van der Waals surface area (Å²) < 4.78 is 0. The summed E-state index contributed by atoms with van der Waals surface area (Å²) in [7, 11) is 0. The number of aliphatic carboxylic acids is 2. The molecule has 1 rings (SSSR count). The van der Waals surface area contributed by atoms with Crippen molar-refractivity contribution >= 4 is 11.9 Å². The van der Waals surface area contributed by atoms with Crippen molar-refractivity contribution in [3.63, 3.8) is 0 Å². The molecular weight excluding hydrogens is 164 g/mol. The number of hydrogen-bond acceptors (Lipinski definition) is 4. The van der Waals surface area contributed by atoms with E-state index >= 15 is 0 Å². The largest absolute Gasteiger partial charge is 0.480 e. The molecule has 12 heavy (non-hydrogen) atoms. The molecule has 8 N–H and O–H groups in total. The number of carboxylic acid groups (broad SMARTS) is 2. The van der Waals surface area contributed by atoms with E-state index in [9.17, 15) is 9.59 Å². The number of rotatable bonds is 2. The van der Waals surface area contributed by atoms with Gasteiger partial charge in [0.2, 0.25) is 0 Å². The van der Waals surface area contributed by atoms with Crippen LogP contribution in [0, 0.1) is 5.41 Å². The van der Waals surface area contributed by atoms with Gasteiger partial charge in [0.1, 0.15) is 0 Å². The maximum Gasteiger partial charge on any atom is 0.321 e. The molecule has 0 heterocycles. The van der Waals surface area contributed by atoms with E-state index in [0.717, 1.165) is 0 Å². The quantitative estimate of drug-likeness (QED) is 0.457. The lowest BCUT2D eigenvalue weighted by atomic mass is 9.69. The van der Waals surface area contributed by atoms with Crippen LogP contribution in [-0.2, 0) is 9.59 Å². The molecular formula is C6H14N2O4. The van der Waals surface area contributed by atoms with Gasteiger partial charge in [0.05, 0.1) is 0 Å². The molecule has 1 fully saturated rings. The normalized spacial score (nSPS) is 17.7. The Morgan fingerprint density at radius 3 is 1.33 bits per heavy atom. The Labute approximate surface area is 69.7 Å². The minimum absolute atomic E-state index is 0. The summed E-state index contributed by atoms with van der Waals surface area (Å²) in [6.45, 7) is 0. The first-order valence-electron chi connectivity index (χ1n) is 3.06. The molecule has 0 bridgehead atoms. The molecule has 0 aromatic rings. The molecule has 1 aliphatic carbocycles. The molecule has 0 saturated heterocycles. The van der Waals surface area contributed by atoms with Crippen LogP contribution in [0.3, 0.4) is 0 Å². The summed E-state index contributed by atoms with van der Waals surface area (Å²) in [5.41, 5.74) is -1.44. The third kappa shape index (κ3) is 1.54. The predicted octanol–water partition coefficient (Wildman–Crippen LogP) is 0.650. The van der Waals surface area contributed by atoms with Gasteiger partial charge in [0, 0.05) is 0 Å². The first-order chi connectivity index (χ1) is 4.59. The molecule has 0 radical (unpaired) electrons. The van der Waals surface area contributed by atoms with E-state index in [1.807, 2.05) is 0 Å². The van der Waals surface area contributed by atoms with E-state index in [2.05, 4.69) is 0 Å². The van der Waals surface area contributed by atoms with Crippen LogP contribution in [-0.4, -0.2) is 22.2 Å². The fraction of sp³-hybridized carbons (Fsp3) is 0.667. The third-order valence-electron chi connectivity index (χ3n) is 2.03. The van der Waals surface area contributed by atoms with E-state index in [1.54, 1.807) is 0 Å². The van der Waals surface area contributed by atoms with Crippen molar-refractivity contribution < 1.29 is 19.8 Å². The Morgan fingerprint density at radius 2 is 1.33 bits per heavy atom. The van der Waals surface area contributed by atoms with Gasteiger partial charge in [-0.25, -0.2) is 0 Å². The molecule has 0 aromatic heterocycles. The maximum atomic E-state index is 10.4. The summed E-state index contributed by atoms with van der Waals surface area (Å²) in [5, 5.41) is 16.9. The Morgan fingerprint density at radius 1 is 1.00 bits per heavy atom. The van der Waals surface area contributed by atoms with Crippen LogP contribution in [0.15, 0.2) is 0 Å². The smallest absolute Gasteiger partial charge is 0.321 e. The second-order valence-electron chi connectivity index (χ2n) is 2.55. The van der Waals surface area contributed by atoms with Crippen LogP contribution in [0.4, 0.5) is 0 Å². The van der Waals surface area contributed by atoms with Crippen LogP contribution in [0.5, 0.6) is 0 Å². The molecule has 0 spiro atoms. The second-order valence-corrected chi connectivity index (χ2v) is 2.55. The van der Waals surface area contributed by atoms with Crippen molar-refractivity contribution in [2.24, 2.45) is 5.41 Å². The zero-order chi connectivity index (χ0) is 7.78. The molecule has 72 valence electrons.